The number of halogens is 1. The lowest BCUT2D eigenvalue weighted by molar-refractivity contribution is -0.113. The first-order chi connectivity index (χ1) is 16.1. The number of fused-ring (bicyclic) bond motifs is 2. The second kappa shape index (κ2) is 7.65. The van der Waals surface area contributed by atoms with Crippen LogP contribution in [0.5, 0.6) is 17.2 Å². The van der Waals surface area contributed by atoms with Gasteiger partial charge in [-0.05, 0) is 54.1 Å². The van der Waals surface area contributed by atoms with Crippen molar-refractivity contribution >= 4 is 56.5 Å². The van der Waals surface area contributed by atoms with Crippen molar-refractivity contribution in [2.45, 2.75) is 0 Å². The van der Waals surface area contributed by atoms with Crippen LogP contribution < -0.4 is 14.4 Å². The molecule has 0 aliphatic carbocycles. The Morgan fingerprint density at radius 1 is 1.03 bits per heavy atom. The quantitative estimate of drug-likeness (QED) is 0.379. The van der Waals surface area contributed by atoms with Gasteiger partial charge < -0.3 is 14.6 Å². The Morgan fingerprint density at radius 2 is 1.82 bits per heavy atom. The third kappa shape index (κ3) is 3.33. The predicted molar refractivity (Wildman–Crippen MR) is 130 cm³/mol. The molecule has 1 amide bonds. The number of anilines is 1. The van der Waals surface area contributed by atoms with Crippen LogP contribution >= 0.6 is 22.9 Å². The summed E-state index contributed by atoms with van der Waals surface area (Å²) < 4.78 is 11.8. The molecule has 0 bridgehead atoms. The third-order valence-corrected chi connectivity index (χ3v) is 7.08. The molecule has 1 N–H and O–H groups in total. The molecule has 1 aromatic heterocycles. The van der Waals surface area contributed by atoms with E-state index in [4.69, 9.17) is 26.1 Å². The molecule has 0 unspecified atom stereocenters. The molecule has 8 heteroatoms. The van der Waals surface area contributed by atoms with Gasteiger partial charge in [0.05, 0.1) is 15.6 Å². The number of aliphatic imine (C=N–C) groups is 1. The highest BCUT2D eigenvalue weighted by atomic mass is 35.5. The smallest absolute Gasteiger partial charge is 0.282 e. The van der Waals surface area contributed by atoms with Crippen LogP contribution in [0.4, 0.5) is 5.69 Å². The Hall–Kier alpha value is -3.81. The van der Waals surface area contributed by atoms with Gasteiger partial charge >= 0.3 is 0 Å². The summed E-state index contributed by atoms with van der Waals surface area (Å²) in [4.78, 5) is 20.5. The Balaban J connectivity index is 1.50. The summed E-state index contributed by atoms with van der Waals surface area (Å²) in [6, 6.07) is 19.7. The Bertz CT molecular complexity index is 1490. The molecule has 6 rings (SSSR count). The molecule has 0 atom stereocenters. The summed E-state index contributed by atoms with van der Waals surface area (Å²) >= 11 is 8.22. The molecule has 4 aromatic rings. The first-order valence-electron chi connectivity index (χ1n) is 10.1. The second-order valence-electron chi connectivity index (χ2n) is 7.48. The van der Waals surface area contributed by atoms with Crippen LogP contribution in [-0.2, 0) is 4.79 Å². The minimum Gasteiger partial charge on any atom is -0.508 e. The number of carbonyl (C=O) groups is 1. The SMILES string of the molecule is O=C1/C(=C\c2ccc3c(c2)OCO3)N=C(c2sc3ccccc3c2Cl)N1c1ccc(O)cc1. The molecule has 3 aromatic carbocycles. The average molecular weight is 475 g/mol. The van der Waals surface area contributed by atoms with E-state index in [1.54, 1.807) is 24.3 Å². The molecular weight excluding hydrogens is 460 g/mol. The van der Waals surface area contributed by atoms with Gasteiger partial charge in [-0.1, -0.05) is 35.9 Å². The Kier molecular flexibility index (Phi) is 4.60. The van der Waals surface area contributed by atoms with E-state index in [1.807, 2.05) is 36.4 Å². The molecule has 0 fully saturated rings. The molecule has 3 heterocycles. The highest BCUT2D eigenvalue weighted by Crippen LogP contribution is 2.40. The molecule has 0 saturated heterocycles. The minimum atomic E-state index is -0.290. The summed E-state index contributed by atoms with van der Waals surface area (Å²) in [5.41, 5.74) is 1.62. The number of thiophene rings is 1. The molecule has 0 spiro atoms. The molecule has 33 heavy (non-hydrogen) atoms. The van der Waals surface area contributed by atoms with Crippen molar-refractivity contribution in [3.05, 3.63) is 87.9 Å². The number of hydrogen-bond donors (Lipinski definition) is 1. The number of hydrogen-bond acceptors (Lipinski definition) is 6. The first-order valence-corrected chi connectivity index (χ1v) is 11.3. The van der Waals surface area contributed by atoms with Crippen molar-refractivity contribution in [1.82, 2.24) is 0 Å². The zero-order valence-corrected chi connectivity index (χ0v) is 18.6. The van der Waals surface area contributed by atoms with Gasteiger partial charge in [-0.15, -0.1) is 11.3 Å². The molecule has 0 radical (unpaired) electrons. The van der Waals surface area contributed by atoms with Crippen LogP contribution in [0.15, 0.2) is 77.4 Å². The van der Waals surface area contributed by atoms with Crippen LogP contribution in [0.2, 0.25) is 5.02 Å². The standard InChI is InChI=1S/C25H15ClN2O4S/c26-22-17-3-1-2-4-21(17)33-23(22)24-27-18(11-14-5-10-19-20(12-14)32-13-31-19)25(30)28(24)15-6-8-16(29)9-7-15/h1-12,29H,13H2/b18-11+. The fraction of sp³-hybridized carbons (Fsp3) is 0.0400. The van der Waals surface area contributed by atoms with Crippen molar-refractivity contribution in [3.63, 3.8) is 0 Å². The maximum Gasteiger partial charge on any atom is 0.282 e. The zero-order valence-electron chi connectivity index (χ0n) is 17.0. The average Bonchev–Trinajstić information content (AvgIpc) is 3.51. The van der Waals surface area contributed by atoms with E-state index in [1.165, 1.54) is 28.4 Å². The minimum absolute atomic E-state index is 0.111. The van der Waals surface area contributed by atoms with Crippen LogP contribution in [0.1, 0.15) is 10.4 Å². The summed E-state index contributed by atoms with van der Waals surface area (Å²) in [5.74, 6) is 1.56. The molecule has 2 aliphatic heterocycles. The number of rotatable bonds is 3. The second-order valence-corrected chi connectivity index (χ2v) is 8.91. The number of carbonyl (C=O) groups excluding carboxylic acids is 1. The van der Waals surface area contributed by atoms with Crippen LogP contribution in [0, 0.1) is 0 Å². The lowest BCUT2D eigenvalue weighted by Gasteiger charge is -2.18. The molecule has 6 nitrogen and oxygen atoms in total. The highest BCUT2D eigenvalue weighted by Gasteiger charge is 2.35. The monoisotopic (exact) mass is 474 g/mol. The van der Waals surface area contributed by atoms with Crippen LogP contribution in [0.3, 0.4) is 0 Å². The van der Waals surface area contributed by atoms with Crippen molar-refractivity contribution in [2.75, 3.05) is 11.7 Å². The summed E-state index contributed by atoms with van der Waals surface area (Å²) in [5, 5.41) is 11.2. The van der Waals surface area contributed by atoms with Crippen molar-refractivity contribution in [2.24, 2.45) is 4.99 Å². The number of ether oxygens (including phenoxy) is 2. The van der Waals surface area contributed by atoms with E-state index in [0.29, 0.717) is 32.9 Å². The van der Waals surface area contributed by atoms with Gasteiger partial charge in [-0.25, -0.2) is 4.99 Å². The van der Waals surface area contributed by atoms with Crippen LogP contribution in [0.25, 0.3) is 16.2 Å². The molecule has 0 saturated carbocycles. The number of benzene rings is 3. The molecular formula is C25H15ClN2O4S. The van der Waals surface area contributed by atoms with E-state index < -0.39 is 0 Å². The third-order valence-electron chi connectivity index (χ3n) is 5.41. The fourth-order valence-electron chi connectivity index (χ4n) is 3.83. The van der Waals surface area contributed by atoms with Crippen molar-refractivity contribution in [3.8, 4) is 17.2 Å². The summed E-state index contributed by atoms with van der Waals surface area (Å²) in [6.07, 6.45) is 1.71. The largest absolute Gasteiger partial charge is 0.508 e. The maximum absolute atomic E-state index is 13.5. The van der Waals surface area contributed by atoms with E-state index in [9.17, 15) is 9.90 Å². The van der Waals surface area contributed by atoms with Crippen molar-refractivity contribution < 1.29 is 19.4 Å². The number of amides is 1. The van der Waals surface area contributed by atoms with Gasteiger partial charge in [-0.2, -0.15) is 0 Å². The lowest BCUT2D eigenvalue weighted by Crippen LogP contribution is -2.32. The van der Waals surface area contributed by atoms with Crippen LogP contribution in [-0.4, -0.2) is 23.6 Å². The van der Waals surface area contributed by atoms with E-state index >= 15 is 0 Å². The van der Waals surface area contributed by atoms with E-state index in [-0.39, 0.29) is 24.1 Å². The number of amidine groups is 1. The number of nitrogens with zero attached hydrogens (tertiary/aromatic N) is 2. The van der Waals surface area contributed by atoms with Gasteiger partial charge in [0.25, 0.3) is 5.91 Å². The Labute approximate surface area is 197 Å². The lowest BCUT2D eigenvalue weighted by atomic mass is 10.1. The number of phenolic OH excluding ortho intramolecular Hbond substituents is 1. The Morgan fingerprint density at radius 3 is 2.64 bits per heavy atom. The topological polar surface area (TPSA) is 71.4 Å². The fourth-order valence-corrected chi connectivity index (χ4v) is 5.32. The number of aromatic hydroxyl groups is 1. The van der Waals surface area contributed by atoms with Gasteiger partial charge in [0, 0.05) is 10.1 Å². The molecule has 162 valence electrons. The normalized spacial score (nSPS) is 16.2. The van der Waals surface area contributed by atoms with Gasteiger partial charge in [0.1, 0.15) is 11.4 Å². The first kappa shape index (κ1) is 19.8. The maximum atomic E-state index is 13.5. The van der Waals surface area contributed by atoms with Gasteiger partial charge in [-0.3, -0.25) is 9.69 Å². The van der Waals surface area contributed by atoms with Gasteiger partial charge in [0.2, 0.25) is 6.79 Å². The van der Waals surface area contributed by atoms with Gasteiger partial charge in [0.15, 0.2) is 17.3 Å². The predicted octanol–water partition coefficient (Wildman–Crippen LogP) is 5.82. The van der Waals surface area contributed by atoms with E-state index in [2.05, 4.69) is 0 Å². The summed E-state index contributed by atoms with van der Waals surface area (Å²) in [6.45, 7) is 0.176. The molecule has 2 aliphatic rings. The van der Waals surface area contributed by atoms with Crippen molar-refractivity contribution in [1.29, 1.82) is 0 Å². The highest BCUT2D eigenvalue weighted by molar-refractivity contribution is 7.21. The zero-order chi connectivity index (χ0) is 22.5. The summed E-state index contributed by atoms with van der Waals surface area (Å²) in [7, 11) is 0. The number of phenols is 1. The van der Waals surface area contributed by atoms with E-state index in [0.717, 1.165) is 15.6 Å².